The molecule has 4 N–H and O–H groups in total. The first kappa shape index (κ1) is 22.8. The van der Waals surface area contributed by atoms with Crippen molar-refractivity contribution >= 4 is 46.5 Å². The van der Waals surface area contributed by atoms with Crippen LogP contribution in [-0.4, -0.2) is 29.8 Å². The summed E-state index contributed by atoms with van der Waals surface area (Å²) < 4.78 is 0. The molecule has 2 aromatic heterocycles. The van der Waals surface area contributed by atoms with Crippen LogP contribution < -0.4 is 11.5 Å². The van der Waals surface area contributed by atoms with Crippen molar-refractivity contribution in [2.45, 2.75) is 0 Å². The Balaban J connectivity index is 1.87. The van der Waals surface area contributed by atoms with E-state index in [2.05, 4.69) is 19.9 Å². The van der Waals surface area contributed by atoms with Gasteiger partial charge in [-0.1, -0.05) is 47.5 Å². The molecule has 0 aliphatic rings. The molecule has 170 valence electrons. The van der Waals surface area contributed by atoms with Crippen LogP contribution in [0, 0.1) is 20.2 Å². The molecule has 2 aromatic carbocycles. The number of benzene rings is 2. The molecule has 0 unspecified atom stereocenters. The third-order valence-electron chi connectivity index (χ3n) is 4.65. The van der Waals surface area contributed by atoms with E-state index in [0.717, 1.165) is 0 Å². The number of nitrogens with two attached hydrogens (primary N) is 2. The summed E-state index contributed by atoms with van der Waals surface area (Å²) in [6.07, 6.45) is 0. The van der Waals surface area contributed by atoms with Gasteiger partial charge in [-0.05, 0) is 12.1 Å². The fourth-order valence-electron chi connectivity index (χ4n) is 3.19. The summed E-state index contributed by atoms with van der Waals surface area (Å²) in [5, 5.41) is 22.2. The van der Waals surface area contributed by atoms with E-state index < -0.39 is 9.85 Å². The smallest absolute Gasteiger partial charge is 0.288 e. The SMILES string of the molecule is Nc1nc(-c2cc(-c3cccc([N+](=O)[O-])c3Cl)nc(N)n2)cc(-c2cccc([N+](=O)[O-])c2Cl)n1. The minimum atomic E-state index is -0.614. The van der Waals surface area contributed by atoms with E-state index in [9.17, 15) is 20.2 Å². The van der Waals surface area contributed by atoms with Crippen LogP contribution in [0.2, 0.25) is 10.0 Å². The van der Waals surface area contributed by atoms with Gasteiger partial charge in [0.1, 0.15) is 10.0 Å². The van der Waals surface area contributed by atoms with Crippen molar-refractivity contribution < 1.29 is 9.85 Å². The summed E-state index contributed by atoms with van der Waals surface area (Å²) in [7, 11) is 0. The summed E-state index contributed by atoms with van der Waals surface area (Å²) in [5.41, 5.74) is 12.5. The van der Waals surface area contributed by atoms with Gasteiger partial charge in [0.25, 0.3) is 11.4 Å². The lowest BCUT2D eigenvalue weighted by molar-refractivity contribution is -0.384. The average molecular weight is 499 g/mol. The first-order valence-electron chi connectivity index (χ1n) is 9.31. The highest BCUT2D eigenvalue weighted by molar-refractivity contribution is 6.35. The lowest BCUT2D eigenvalue weighted by Crippen LogP contribution is -2.03. The minimum Gasteiger partial charge on any atom is -0.368 e. The fraction of sp³-hybridized carbons (Fsp3) is 0. The second kappa shape index (κ2) is 8.84. The van der Waals surface area contributed by atoms with Crippen LogP contribution >= 0.6 is 23.2 Å². The van der Waals surface area contributed by atoms with Crippen LogP contribution in [0.3, 0.4) is 0 Å². The fourth-order valence-corrected chi connectivity index (χ4v) is 3.77. The lowest BCUT2D eigenvalue weighted by Gasteiger charge is -2.10. The number of nitro groups is 2. The number of rotatable bonds is 5. The van der Waals surface area contributed by atoms with E-state index in [0.29, 0.717) is 0 Å². The molecule has 0 fully saturated rings. The van der Waals surface area contributed by atoms with E-state index >= 15 is 0 Å². The third kappa shape index (κ3) is 4.27. The van der Waals surface area contributed by atoms with Gasteiger partial charge in [-0.25, -0.2) is 19.9 Å². The topological polar surface area (TPSA) is 190 Å². The number of hydrogen-bond donors (Lipinski definition) is 2. The molecule has 0 saturated carbocycles. The number of hydrogen-bond acceptors (Lipinski definition) is 10. The van der Waals surface area contributed by atoms with Gasteiger partial charge < -0.3 is 11.5 Å². The van der Waals surface area contributed by atoms with Crippen molar-refractivity contribution in [3.05, 3.63) is 78.8 Å². The van der Waals surface area contributed by atoms with Crippen LogP contribution in [0.15, 0.2) is 48.5 Å². The Morgan fingerprint density at radius 1 is 0.647 bits per heavy atom. The van der Waals surface area contributed by atoms with E-state index in [1.165, 1.54) is 36.4 Å². The molecular weight excluding hydrogens is 487 g/mol. The lowest BCUT2D eigenvalue weighted by atomic mass is 10.1. The van der Waals surface area contributed by atoms with Gasteiger partial charge >= 0.3 is 0 Å². The predicted molar refractivity (Wildman–Crippen MR) is 126 cm³/mol. The predicted octanol–water partition coefficient (Wildman–Crippen LogP) is 4.56. The molecule has 14 heteroatoms. The maximum absolute atomic E-state index is 11.2. The van der Waals surface area contributed by atoms with Crippen molar-refractivity contribution in [3.8, 4) is 33.9 Å². The number of halogens is 2. The first-order chi connectivity index (χ1) is 16.2. The molecule has 0 radical (unpaired) electrons. The number of aromatic nitrogens is 4. The van der Waals surface area contributed by atoms with Gasteiger partial charge in [0, 0.05) is 23.3 Å². The number of nitrogens with zero attached hydrogens (tertiary/aromatic N) is 6. The van der Waals surface area contributed by atoms with Crippen molar-refractivity contribution in [1.82, 2.24) is 19.9 Å². The number of nitro benzene ring substituents is 2. The Morgan fingerprint density at radius 3 is 1.35 bits per heavy atom. The molecular formula is C20H12Cl2N8O4. The van der Waals surface area contributed by atoms with Crippen LogP contribution in [0.4, 0.5) is 23.3 Å². The van der Waals surface area contributed by atoms with Gasteiger partial charge in [-0.3, -0.25) is 20.2 Å². The highest BCUT2D eigenvalue weighted by Crippen LogP contribution is 2.37. The second-order valence-electron chi connectivity index (χ2n) is 6.78. The van der Waals surface area contributed by atoms with E-state index in [4.69, 9.17) is 34.7 Å². The molecule has 0 amide bonds. The molecule has 0 aliphatic carbocycles. The van der Waals surface area contributed by atoms with E-state index in [-0.39, 0.29) is 67.2 Å². The average Bonchev–Trinajstić information content (AvgIpc) is 2.78. The van der Waals surface area contributed by atoms with E-state index in [1.54, 1.807) is 12.1 Å². The Labute approximate surface area is 200 Å². The van der Waals surface area contributed by atoms with Crippen molar-refractivity contribution in [1.29, 1.82) is 0 Å². The molecule has 4 aromatic rings. The van der Waals surface area contributed by atoms with Crippen molar-refractivity contribution in [3.63, 3.8) is 0 Å². The standard InChI is InChI=1S/C20H12Cl2N8O4/c21-17-9(3-1-5-15(17)29(31)32)11-7-13(27-19(23)25-11)14-8-12(26-20(24)28-14)10-4-2-6-16(18(10)22)30(33)34/h1-8H,(H2,23,25,27)(H2,24,26,28). The summed E-state index contributed by atoms with van der Waals surface area (Å²) in [5.74, 6) is -0.302. The monoisotopic (exact) mass is 498 g/mol. The van der Waals surface area contributed by atoms with Crippen molar-refractivity contribution in [2.24, 2.45) is 0 Å². The Morgan fingerprint density at radius 2 is 1.00 bits per heavy atom. The molecule has 12 nitrogen and oxygen atoms in total. The van der Waals surface area contributed by atoms with Crippen LogP contribution in [0.1, 0.15) is 0 Å². The summed E-state index contributed by atoms with van der Waals surface area (Å²) in [6, 6.07) is 11.5. The Bertz CT molecular complexity index is 1370. The summed E-state index contributed by atoms with van der Waals surface area (Å²) in [4.78, 5) is 37.8. The molecule has 0 saturated heterocycles. The van der Waals surface area contributed by atoms with Gasteiger partial charge in [0.15, 0.2) is 0 Å². The maximum atomic E-state index is 11.2. The highest BCUT2D eigenvalue weighted by Gasteiger charge is 2.21. The zero-order valence-electron chi connectivity index (χ0n) is 16.8. The van der Waals surface area contributed by atoms with Gasteiger partial charge in [-0.2, -0.15) is 0 Å². The Kier molecular flexibility index (Phi) is 5.92. The maximum Gasteiger partial charge on any atom is 0.288 e. The van der Waals surface area contributed by atoms with Crippen LogP contribution in [0.25, 0.3) is 33.9 Å². The quantitative estimate of drug-likeness (QED) is 0.291. The largest absolute Gasteiger partial charge is 0.368 e. The molecule has 0 atom stereocenters. The second-order valence-corrected chi connectivity index (χ2v) is 7.54. The normalized spacial score (nSPS) is 10.8. The molecule has 0 aliphatic heterocycles. The minimum absolute atomic E-state index is 0.122. The zero-order chi connectivity index (χ0) is 24.6. The van der Waals surface area contributed by atoms with Crippen LogP contribution in [0.5, 0.6) is 0 Å². The van der Waals surface area contributed by atoms with Crippen molar-refractivity contribution in [2.75, 3.05) is 11.5 Å². The number of nitrogen functional groups attached to an aromatic ring is 2. The molecule has 2 heterocycles. The first-order valence-corrected chi connectivity index (χ1v) is 10.1. The number of anilines is 2. The molecule has 4 rings (SSSR count). The summed E-state index contributed by atoms with van der Waals surface area (Å²) >= 11 is 12.4. The molecule has 34 heavy (non-hydrogen) atoms. The highest BCUT2D eigenvalue weighted by atomic mass is 35.5. The van der Waals surface area contributed by atoms with Gasteiger partial charge in [-0.15, -0.1) is 0 Å². The molecule has 0 spiro atoms. The third-order valence-corrected chi connectivity index (χ3v) is 5.45. The van der Waals surface area contributed by atoms with E-state index in [1.807, 2.05) is 0 Å². The summed E-state index contributed by atoms with van der Waals surface area (Å²) in [6.45, 7) is 0. The zero-order valence-corrected chi connectivity index (χ0v) is 18.4. The Hall–Kier alpha value is -4.42. The van der Waals surface area contributed by atoms with Gasteiger partial charge in [0.05, 0.1) is 32.6 Å². The molecule has 0 bridgehead atoms. The van der Waals surface area contributed by atoms with Gasteiger partial charge in [0.2, 0.25) is 11.9 Å². The van der Waals surface area contributed by atoms with Crippen LogP contribution in [-0.2, 0) is 0 Å².